The Morgan fingerprint density at radius 1 is 0.484 bits per heavy atom. The number of Topliss-reactive ketones (excluding diaryl/α,β-unsaturated/α-hetero) is 1. The minimum atomic E-state index is 0.199. The Labute approximate surface area is 184 Å². The zero-order chi connectivity index (χ0) is 21.3. The van der Waals surface area contributed by atoms with Crippen molar-refractivity contribution < 1.29 is 4.79 Å². The first-order valence-electron chi connectivity index (χ1n) is 10.6. The van der Waals surface area contributed by atoms with Crippen LogP contribution in [0.3, 0.4) is 0 Å². The average molecular weight is 407 g/mol. The first-order valence-corrected chi connectivity index (χ1v) is 10.6. The lowest BCUT2D eigenvalue weighted by Gasteiger charge is -2.27. The maximum Gasteiger partial charge on any atom is 0.154 e. The van der Waals surface area contributed by atoms with Crippen LogP contribution < -0.4 is 9.80 Å². The summed E-state index contributed by atoms with van der Waals surface area (Å²) in [6, 6.07) is 40.6. The van der Waals surface area contributed by atoms with E-state index in [-0.39, 0.29) is 5.78 Å². The molecule has 3 heteroatoms. The Kier molecular flexibility index (Phi) is 6.76. The third-order valence-corrected chi connectivity index (χ3v) is 5.22. The van der Waals surface area contributed by atoms with Crippen LogP contribution in [0.2, 0.25) is 0 Å². The van der Waals surface area contributed by atoms with Gasteiger partial charge in [-0.3, -0.25) is 4.79 Å². The van der Waals surface area contributed by atoms with E-state index in [9.17, 15) is 4.79 Å². The maximum absolute atomic E-state index is 13.1. The van der Waals surface area contributed by atoms with Gasteiger partial charge in [-0.2, -0.15) is 0 Å². The van der Waals surface area contributed by atoms with Crippen molar-refractivity contribution in [3.63, 3.8) is 0 Å². The Morgan fingerprint density at radius 2 is 0.806 bits per heavy atom. The zero-order valence-corrected chi connectivity index (χ0v) is 17.5. The number of carbonyl (C=O) groups is 1. The predicted molar refractivity (Wildman–Crippen MR) is 129 cm³/mol. The molecular weight excluding hydrogens is 380 g/mol. The SMILES string of the molecule is O=C(CCN(c1ccccc1)c1ccccc1)CN(c1ccccc1)c1ccccc1. The first kappa shape index (κ1) is 20.4. The standard InChI is InChI=1S/C28H26N2O/c31-28(23-30(26-17-9-3-10-18-26)27-19-11-4-12-20-27)21-22-29(24-13-5-1-6-14-24)25-15-7-2-8-16-25/h1-20H,21-23H2. The number of benzene rings is 4. The molecular formula is C28H26N2O. The van der Waals surface area contributed by atoms with Crippen LogP contribution in [0.25, 0.3) is 0 Å². The van der Waals surface area contributed by atoms with E-state index in [1.54, 1.807) is 0 Å². The van der Waals surface area contributed by atoms with Gasteiger partial charge < -0.3 is 9.80 Å². The molecule has 0 radical (unpaired) electrons. The summed E-state index contributed by atoms with van der Waals surface area (Å²) in [6.07, 6.45) is 0.458. The zero-order valence-electron chi connectivity index (χ0n) is 17.5. The molecule has 0 aliphatic rings. The van der Waals surface area contributed by atoms with Crippen LogP contribution in [-0.2, 0) is 4.79 Å². The van der Waals surface area contributed by atoms with Crippen molar-refractivity contribution in [2.45, 2.75) is 6.42 Å². The van der Waals surface area contributed by atoms with Crippen LogP contribution in [0, 0.1) is 0 Å². The van der Waals surface area contributed by atoms with E-state index in [1.165, 1.54) is 0 Å². The first-order chi connectivity index (χ1) is 15.3. The van der Waals surface area contributed by atoms with E-state index in [4.69, 9.17) is 0 Å². The molecule has 0 aromatic heterocycles. The molecule has 154 valence electrons. The van der Waals surface area contributed by atoms with Gasteiger partial charge in [0.25, 0.3) is 0 Å². The van der Waals surface area contributed by atoms with Crippen molar-refractivity contribution in [3.8, 4) is 0 Å². The lowest BCUT2D eigenvalue weighted by Crippen LogP contribution is -2.28. The fourth-order valence-electron chi connectivity index (χ4n) is 3.66. The molecule has 0 aliphatic carbocycles. The third-order valence-electron chi connectivity index (χ3n) is 5.22. The lowest BCUT2D eigenvalue weighted by molar-refractivity contribution is -0.117. The number of hydrogen-bond acceptors (Lipinski definition) is 3. The van der Waals surface area contributed by atoms with Gasteiger partial charge in [-0.15, -0.1) is 0 Å². The van der Waals surface area contributed by atoms with Gasteiger partial charge in [0, 0.05) is 35.7 Å². The van der Waals surface area contributed by atoms with Gasteiger partial charge in [-0.05, 0) is 48.5 Å². The lowest BCUT2D eigenvalue weighted by atomic mass is 10.1. The summed E-state index contributed by atoms with van der Waals surface area (Å²) in [5, 5.41) is 0. The number of anilines is 4. The van der Waals surface area contributed by atoms with Crippen LogP contribution >= 0.6 is 0 Å². The molecule has 0 bridgehead atoms. The van der Waals surface area contributed by atoms with Gasteiger partial charge in [0.15, 0.2) is 5.78 Å². The fourth-order valence-corrected chi connectivity index (χ4v) is 3.66. The quantitative estimate of drug-likeness (QED) is 0.312. The third kappa shape index (κ3) is 5.40. The van der Waals surface area contributed by atoms with E-state index in [0.717, 1.165) is 22.7 Å². The predicted octanol–water partition coefficient (Wildman–Crippen LogP) is 6.62. The number of nitrogens with zero attached hydrogens (tertiary/aromatic N) is 2. The number of hydrogen-bond donors (Lipinski definition) is 0. The van der Waals surface area contributed by atoms with Gasteiger partial charge in [0.2, 0.25) is 0 Å². The summed E-state index contributed by atoms with van der Waals surface area (Å²) in [5.41, 5.74) is 4.21. The second-order valence-electron chi connectivity index (χ2n) is 7.37. The summed E-state index contributed by atoms with van der Waals surface area (Å²) in [4.78, 5) is 17.4. The van der Waals surface area contributed by atoms with Crippen LogP contribution in [0.4, 0.5) is 22.7 Å². The van der Waals surface area contributed by atoms with Gasteiger partial charge >= 0.3 is 0 Å². The van der Waals surface area contributed by atoms with Crippen LogP contribution in [0.15, 0.2) is 121 Å². The molecule has 0 amide bonds. The Morgan fingerprint density at radius 3 is 1.16 bits per heavy atom. The Bertz CT molecular complexity index is 988. The molecule has 0 aliphatic heterocycles. The van der Waals surface area contributed by atoms with Crippen molar-refractivity contribution in [2.24, 2.45) is 0 Å². The second kappa shape index (κ2) is 10.3. The molecule has 0 saturated heterocycles. The van der Waals surface area contributed by atoms with E-state index in [2.05, 4.69) is 34.1 Å². The topological polar surface area (TPSA) is 23.6 Å². The minimum absolute atomic E-state index is 0.199. The molecule has 0 fully saturated rings. The van der Waals surface area contributed by atoms with Gasteiger partial charge in [0.1, 0.15) is 0 Å². The summed E-state index contributed by atoms with van der Waals surface area (Å²) in [6.45, 7) is 0.968. The highest BCUT2D eigenvalue weighted by molar-refractivity contribution is 5.87. The molecule has 0 spiro atoms. The van der Waals surface area contributed by atoms with Gasteiger partial charge in [0.05, 0.1) is 6.54 Å². The normalized spacial score (nSPS) is 10.5. The molecule has 4 aromatic rings. The van der Waals surface area contributed by atoms with Crippen LogP contribution in [0.5, 0.6) is 0 Å². The fraction of sp³-hybridized carbons (Fsp3) is 0.107. The van der Waals surface area contributed by atoms with E-state index < -0.39 is 0 Å². The van der Waals surface area contributed by atoms with Crippen molar-refractivity contribution >= 4 is 28.5 Å². The summed E-state index contributed by atoms with van der Waals surface area (Å²) < 4.78 is 0. The maximum atomic E-state index is 13.1. The Balaban J connectivity index is 1.50. The number of para-hydroxylation sites is 4. The molecule has 4 aromatic carbocycles. The molecule has 0 atom stereocenters. The Hall–Kier alpha value is -3.85. The van der Waals surface area contributed by atoms with Crippen molar-refractivity contribution in [3.05, 3.63) is 121 Å². The number of rotatable bonds is 9. The van der Waals surface area contributed by atoms with E-state index in [0.29, 0.717) is 19.5 Å². The molecule has 31 heavy (non-hydrogen) atoms. The number of carbonyl (C=O) groups excluding carboxylic acids is 1. The second-order valence-corrected chi connectivity index (χ2v) is 7.37. The van der Waals surface area contributed by atoms with Gasteiger partial charge in [-0.25, -0.2) is 0 Å². The molecule has 3 nitrogen and oxygen atoms in total. The van der Waals surface area contributed by atoms with Crippen molar-refractivity contribution in [2.75, 3.05) is 22.9 Å². The van der Waals surface area contributed by atoms with Crippen LogP contribution in [0.1, 0.15) is 6.42 Å². The molecule has 4 rings (SSSR count). The van der Waals surface area contributed by atoms with Crippen molar-refractivity contribution in [1.29, 1.82) is 0 Å². The average Bonchev–Trinajstić information content (AvgIpc) is 2.85. The summed E-state index contributed by atoms with van der Waals surface area (Å²) in [5.74, 6) is 0.199. The van der Waals surface area contributed by atoms with Gasteiger partial charge in [-0.1, -0.05) is 72.8 Å². The molecule has 0 unspecified atom stereocenters. The summed E-state index contributed by atoms with van der Waals surface area (Å²) >= 11 is 0. The highest BCUT2D eigenvalue weighted by Gasteiger charge is 2.16. The highest BCUT2D eigenvalue weighted by Crippen LogP contribution is 2.27. The smallest absolute Gasteiger partial charge is 0.154 e. The highest BCUT2D eigenvalue weighted by atomic mass is 16.1. The molecule has 0 saturated carbocycles. The van der Waals surface area contributed by atoms with Crippen LogP contribution in [-0.4, -0.2) is 18.9 Å². The number of ketones is 1. The van der Waals surface area contributed by atoms with E-state index >= 15 is 0 Å². The molecule has 0 N–H and O–H groups in total. The van der Waals surface area contributed by atoms with Crippen molar-refractivity contribution in [1.82, 2.24) is 0 Å². The minimum Gasteiger partial charge on any atom is -0.341 e. The largest absolute Gasteiger partial charge is 0.341 e. The monoisotopic (exact) mass is 406 g/mol. The molecule has 0 heterocycles. The summed E-state index contributed by atoms with van der Waals surface area (Å²) in [7, 11) is 0. The van der Waals surface area contributed by atoms with E-state index in [1.807, 2.05) is 97.1 Å².